The zero-order chi connectivity index (χ0) is 38.0. The largest absolute Gasteiger partial charge is 0.508 e. The number of unbranched alkanes of at least 4 members (excludes halogenated alkanes) is 2. The highest BCUT2D eigenvalue weighted by atomic mass is 16.7. The van der Waals surface area contributed by atoms with Crippen LogP contribution >= 0.6 is 0 Å². The summed E-state index contributed by atoms with van der Waals surface area (Å²) in [6, 6.07) is 10.3. The quantitative estimate of drug-likeness (QED) is 0.0605. The summed E-state index contributed by atoms with van der Waals surface area (Å²) in [5.74, 6) is -1.59. The van der Waals surface area contributed by atoms with Crippen molar-refractivity contribution in [2.24, 2.45) is 22.9 Å². The number of phenols is 1. The van der Waals surface area contributed by atoms with Crippen LogP contribution < -0.4 is 4.74 Å². The number of oxime groups is 1. The average Bonchev–Trinajstić information content (AvgIpc) is 3.15. The van der Waals surface area contributed by atoms with Crippen LogP contribution in [-0.2, 0) is 20.9 Å². The van der Waals surface area contributed by atoms with Gasteiger partial charge >= 0.3 is 6.09 Å². The fraction of sp³-hybridized carbons (Fsp3) is 0.500. The lowest BCUT2D eigenvalue weighted by Crippen LogP contribution is -2.69. The molecule has 0 aromatic heterocycles. The van der Waals surface area contributed by atoms with Gasteiger partial charge in [-0.2, -0.15) is 0 Å². The van der Waals surface area contributed by atoms with Gasteiger partial charge in [-0.15, -0.1) is 13.2 Å². The SMILES string of the molecule is C=CCCOC(=O)N(C)C1CC(=NOCc2ccc([N+](=O)[O-])cc2)C2=CC(CCCCO)C(CCCCO)C3c4cc(O)ccc4OC1(OCC=C)C23. The number of likely N-dealkylation sites (N-methyl/N-ethyl adjacent to an activating group) is 1. The van der Waals surface area contributed by atoms with Gasteiger partial charge < -0.3 is 39.3 Å². The molecule has 6 atom stereocenters. The van der Waals surface area contributed by atoms with E-state index in [1.54, 1.807) is 49.5 Å². The van der Waals surface area contributed by atoms with Crippen molar-refractivity contribution in [2.75, 3.05) is 33.5 Å². The van der Waals surface area contributed by atoms with Crippen molar-refractivity contribution in [1.82, 2.24) is 4.90 Å². The molecule has 6 unspecified atom stereocenters. The van der Waals surface area contributed by atoms with Gasteiger partial charge in [0.1, 0.15) is 24.1 Å². The van der Waals surface area contributed by atoms with Crippen LogP contribution in [0.15, 0.2) is 84.6 Å². The van der Waals surface area contributed by atoms with Crippen LogP contribution in [0.4, 0.5) is 10.5 Å². The number of non-ortho nitro benzene ring substituents is 1. The molecule has 2 aromatic rings. The Bertz CT molecular complexity index is 1660. The maximum absolute atomic E-state index is 13.7. The van der Waals surface area contributed by atoms with Gasteiger partial charge in [0.2, 0.25) is 5.79 Å². The number of hydrogen-bond acceptors (Lipinski definition) is 11. The van der Waals surface area contributed by atoms with Gasteiger partial charge in [0, 0.05) is 50.3 Å². The molecule has 0 radical (unpaired) electrons. The van der Waals surface area contributed by atoms with Gasteiger partial charge in [-0.3, -0.25) is 10.1 Å². The molecule has 1 amide bonds. The number of fused-ring (bicyclic) bond motifs is 2. The third kappa shape index (κ3) is 8.75. The maximum atomic E-state index is 13.7. The molecule has 5 rings (SSSR count). The van der Waals surface area contributed by atoms with Gasteiger partial charge in [0.05, 0.1) is 29.8 Å². The summed E-state index contributed by atoms with van der Waals surface area (Å²) in [7, 11) is 1.65. The number of aliphatic hydroxyl groups excluding tert-OH is 2. The molecule has 0 bridgehead atoms. The average molecular weight is 734 g/mol. The smallest absolute Gasteiger partial charge is 0.409 e. The van der Waals surface area contributed by atoms with Crippen LogP contribution in [-0.4, -0.2) is 82.3 Å². The predicted octanol–water partition coefficient (Wildman–Crippen LogP) is 6.78. The third-order valence-corrected chi connectivity index (χ3v) is 10.5. The Morgan fingerprint density at radius 2 is 1.83 bits per heavy atom. The van der Waals surface area contributed by atoms with Crippen molar-refractivity contribution in [3.63, 3.8) is 0 Å². The minimum Gasteiger partial charge on any atom is -0.508 e. The first-order valence-electron chi connectivity index (χ1n) is 18.3. The Kier molecular flexibility index (Phi) is 13.7. The van der Waals surface area contributed by atoms with E-state index in [9.17, 15) is 30.2 Å². The summed E-state index contributed by atoms with van der Waals surface area (Å²) in [5.41, 5.74) is 2.89. The Morgan fingerprint density at radius 3 is 2.51 bits per heavy atom. The van der Waals surface area contributed by atoms with Crippen LogP contribution in [0.1, 0.15) is 68.4 Å². The second-order valence-electron chi connectivity index (χ2n) is 13.8. The fourth-order valence-electron chi connectivity index (χ4n) is 8.09. The molecule has 1 fully saturated rings. The number of allylic oxidation sites excluding steroid dienone is 1. The minimum absolute atomic E-state index is 0.0102. The number of phenolic OH excluding ortho intramolecular Hbond substituents is 1. The van der Waals surface area contributed by atoms with E-state index in [0.717, 1.165) is 36.8 Å². The monoisotopic (exact) mass is 733 g/mol. The number of hydrogen-bond donors (Lipinski definition) is 3. The van der Waals surface area contributed by atoms with Crippen molar-refractivity contribution in [2.45, 2.75) is 75.7 Å². The van der Waals surface area contributed by atoms with Crippen LogP contribution in [0.5, 0.6) is 11.5 Å². The van der Waals surface area contributed by atoms with E-state index in [2.05, 4.69) is 19.2 Å². The molecule has 1 heterocycles. The molecule has 286 valence electrons. The van der Waals surface area contributed by atoms with Crippen molar-refractivity contribution in [3.8, 4) is 11.5 Å². The number of carbonyl (C=O) groups is 1. The number of benzene rings is 2. The first-order valence-corrected chi connectivity index (χ1v) is 18.3. The van der Waals surface area contributed by atoms with E-state index in [4.69, 9.17) is 24.2 Å². The van der Waals surface area contributed by atoms with E-state index in [1.807, 2.05) is 0 Å². The molecule has 2 aromatic carbocycles. The summed E-state index contributed by atoms with van der Waals surface area (Å²) < 4.78 is 19.4. The van der Waals surface area contributed by atoms with E-state index in [1.165, 1.54) is 17.0 Å². The minimum atomic E-state index is -1.44. The van der Waals surface area contributed by atoms with Gasteiger partial charge in [0.15, 0.2) is 0 Å². The number of ether oxygens (including phenoxy) is 3. The molecule has 3 aliphatic rings. The Labute approximate surface area is 310 Å². The van der Waals surface area contributed by atoms with E-state index < -0.39 is 28.8 Å². The molecule has 1 aliphatic heterocycles. The third-order valence-electron chi connectivity index (χ3n) is 10.5. The number of carbonyl (C=O) groups excluding carboxylic acids is 1. The molecule has 0 saturated heterocycles. The molecule has 1 saturated carbocycles. The lowest BCUT2D eigenvalue weighted by Gasteiger charge is -2.59. The summed E-state index contributed by atoms with van der Waals surface area (Å²) in [6.07, 6.45) is 9.95. The van der Waals surface area contributed by atoms with Crippen molar-refractivity contribution in [3.05, 3.63) is 101 Å². The predicted molar refractivity (Wildman–Crippen MR) is 198 cm³/mol. The summed E-state index contributed by atoms with van der Waals surface area (Å²) in [6.45, 7) is 8.07. The van der Waals surface area contributed by atoms with Crippen LogP contribution in [0.2, 0.25) is 0 Å². The lowest BCUT2D eigenvalue weighted by atomic mass is 9.55. The second kappa shape index (κ2) is 18.4. The van der Waals surface area contributed by atoms with Gasteiger partial charge in [0.25, 0.3) is 5.69 Å². The molecular weight excluding hydrogens is 682 g/mol. The number of rotatable bonds is 19. The number of nitro groups is 1. The number of aliphatic hydroxyl groups is 2. The highest BCUT2D eigenvalue weighted by Crippen LogP contribution is 2.61. The fourth-order valence-corrected chi connectivity index (χ4v) is 8.09. The van der Waals surface area contributed by atoms with Gasteiger partial charge in [-0.1, -0.05) is 36.2 Å². The molecule has 53 heavy (non-hydrogen) atoms. The summed E-state index contributed by atoms with van der Waals surface area (Å²) in [5, 5.41) is 46.2. The molecular formula is C40H51N3O10. The molecule has 3 N–H and O–H groups in total. The van der Waals surface area contributed by atoms with Crippen LogP contribution in [0, 0.1) is 27.9 Å². The van der Waals surface area contributed by atoms with Crippen molar-refractivity contribution in [1.29, 1.82) is 0 Å². The summed E-state index contributed by atoms with van der Waals surface area (Å²) >= 11 is 0. The zero-order valence-corrected chi connectivity index (χ0v) is 30.3. The lowest BCUT2D eigenvalue weighted by molar-refractivity contribution is -0.384. The maximum Gasteiger partial charge on any atom is 0.409 e. The van der Waals surface area contributed by atoms with Crippen molar-refractivity contribution >= 4 is 17.5 Å². The zero-order valence-electron chi connectivity index (χ0n) is 30.3. The van der Waals surface area contributed by atoms with Crippen molar-refractivity contribution < 1.29 is 44.1 Å². The van der Waals surface area contributed by atoms with E-state index in [-0.39, 0.29) is 68.6 Å². The normalized spacial score (nSPS) is 24.9. The van der Waals surface area contributed by atoms with E-state index in [0.29, 0.717) is 36.3 Å². The topological polar surface area (TPSA) is 173 Å². The summed E-state index contributed by atoms with van der Waals surface area (Å²) in [4.78, 5) is 31.9. The van der Waals surface area contributed by atoms with E-state index >= 15 is 0 Å². The molecule has 2 aliphatic carbocycles. The second-order valence-corrected chi connectivity index (χ2v) is 13.8. The van der Waals surface area contributed by atoms with Crippen LogP contribution in [0.25, 0.3) is 0 Å². The van der Waals surface area contributed by atoms with Crippen LogP contribution in [0.3, 0.4) is 0 Å². The number of amides is 1. The Balaban J connectivity index is 1.68. The highest BCUT2D eigenvalue weighted by molar-refractivity contribution is 6.02. The number of nitro benzene ring substituents is 1. The van der Waals surface area contributed by atoms with Gasteiger partial charge in [-0.05, 0) is 85.4 Å². The molecule has 0 spiro atoms. The Hall–Kier alpha value is -4.72. The Morgan fingerprint density at radius 1 is 1.09 bits per heavy atom. The molecule has 13 heteroatoms. The molecule has 13 nitrogen and oxygen atoms in total. The standard InChI is InChI=1S/C40H51N3O10/c1-4-6-22-50-39(47)42(3)36-25-34(41-52-26-27-13-15-29(16-14-27)43(48)49)32-23-28(11-7-9-19-44)31(12-8-10-20-45)37-33-24-30(46)17-18-35(33)53-40(36,38(32)37)51-21-5-2/h4-5,13-18,23-24,28,31,36-38,44-46H,1-2,6-12,19-22,25-26H2,3H3. The highest BCUT2D eigenvalue weighted by Gasteiger charge is 2.65. The number of aromatic hydroxyl groups is 1. The van der Waals surface area contributed by atoms with Gasteiger partial charge in [-0.25, -0.2) is 4.79 Å². The first-order chi connectivity index (χ1) is 25.7. The number of nitrogens with zero attached hydrogens (tertiary/aromatic N) is 3. The first kappa shape index (κ1) is 39.5.